The number of methoxy groups -OCH3 is 1. The van der Waals surface area contributed by atoms with Crippen molar-refractivity contribution in [3.63, 3.8) is 0 Å². The van der Waals surface area contributed by atoms with Crippen molar-refractivity contribution in [3.05, 3.63) is 73.2 Å². The monoisotopic (exact) mass is 411 g/mol. The van der Waals surface area contributed by atoms with E-state index < -0.39 is 0 Å². The Morgan fingerprint density at radius 3 is 2.61 bits per heavy atom. The number of rotatable bonds is 5. The Bertz CT molecular complexity index is 1180. The van der Waals surface area contributed by atoms with Crippen molar-refractivity contribution in [2.24, 2.45) is 5.92 Å². The highest BCUT2D eigenvalue weighted by atomic mass is 16.5. The Morgan fingerprint density at radius 1 is 1.00 bits per heavy atom. The number of para-hydroxylation sites is 1. The van der Waals surface area contributed by atoms with Crippen LogP contribution in [0.1, 0.15) is 12.8 Å². The van der Waals surface area contributed by atoms with Gasteiger partial charge in [0.1, 0.15) is 5.75 Å². The number of piperidine rings is 1. The molecule has 158 valence electrons. The van der Waals surface area contributed by atoms with E-state index in [-0.39, 0.29) is 0 Å². The second-order valence-corrected chi connectivity index (χ2v) is 8.67. The summed E-state index contributed by atoms with van der Waals surface area (Å²) in [6.45, 7) is 3.46. The number of hydrogen-bond donors (Lipinski definition) is 0. The molecule has 0 aliphatic carbocycles. The molecule has 1 aliphatic rings. The Hall–Kier alpha value is -3.11. The SMILES string of the molecule is COc1ccc(-c2cncc(-c3cn(CC4CCCN(C)C4)c4ccccc34)c2)cc1. The maximum atomic E-state index is 5.30. The molecule has 1 unspecified atom stereocenters. The van der Waals surface area contributed by atoms with Crippen LogP contribution in [0.3, 0.4) is 0 Å². The molecule has 4 aromatic rings. The molecule has 3 heterocycles. The molecule has 5 rings (SSSR count). The van der Waals surface area contributed by atoms with Crippen molar-refractivity contribution in [3.8, 4) is 28.0 Å². The highest BCUT2D eigenvalue weighted by Crippen LogP contribution is 2.33. The van der Waals surface area contributed by atoms with Gasteiger partial charge in [0.25, 0.3) is 0 Å². The molecule has 1 fully saturated rings. The number of hydrogen-bond acceptors (Lipinski definition) is 3. The average molecular weight is 412 g/mol. The molecule has 1 atom stereocenters. The minimum absolute atomic E-state index is 0.700. The van der Waals surface area contributed by atoms with Gasteiger partial charge in [0.2, 0.25) is 0 Å². The predicted octanol–water partition coefficient (Wildman–Crippen LogP) is 5.72. The molecule has 0 bridgehead atoms. The second-order valence-electron chi connectivity index (χ2n) is 8.67. The van der Waals surface area contributed by atoms with Crippen molar-refractivity contribution in [1.29, 1.82) is 0 Å². The van der Waals surface area contributed by atoms with Crippen LogP contribution in [0.5, 0.6) is 5.75 Å². The number of fused-ring (bicyclic) bond motifs is 1. The minimum atomic E-state index is 0.700. The quantitative estimate of drug-likeness (QED) is 0.421. The van der Waals surface area contributed by atoms with Crippen LogP contribution in [-0.4, -0.2) is 41.7 Å². The van der Waals surface area contributed by atoms with E-state index in [0.717, 1.165) is 29.0 Å². The van der Waals surface area contributed by atoms with E-state index >= 15 is 0 Å². The number of nitrogens with zero attached hydrogens (tertiary/aromatic N) is 3. The van der Waals surface area contributed by atoms with Crippen LogP contribution in [0.4, 0.5) is 0 Å². The lowest BCUT2D eigenvalue weighted by Crippen LogP contribution is -2.33. The highest BCUT2D eigenvalue weighted by molar-refractivity contribution is 5.96. The topological polar surface area (TPSA) is 30.3 Å². The average Bonchev–Trinajstić information content (AvgIpc) is 3.18. The third-order valence-corrected chi connectivity index (χ3v) is 6.44. The van der Waals surface area contributed by atoms with Crippen molar-refractivity contribution >= 4 is 10.9 Å². The molecule has 0 saturated carbocycles. The first-order valence-electron chi connectivity index (χ1n) is 11.1. The molecule has 2 aromatic carbocycles. The maximum absolute atomic E-state index is 5.30. The standard InChI is InChI=1S/C27H29N3O/c1-29-13-5-6-20(17-29)18-30-19-26(25-7-3-4-8-27(25)30)23-14-22(15-28-16-23)21-9-11-24(31-2)12-10-21/h3-4,7-12,14-16,19-20H,5-6,13,17-18H2,1-2H3. The van der Waals surface area contributed by atoms with Crippen LogP contribution in [0.2, 0.25) is 0 Å². The van der Waals surface area contributed by atoms with Gasteiger partial charge >= 0.3 is 0 Å². The summed E-state index contributed by atoms with van der Waals surface area (Å²) in [6.07, 6.45) is 8.84. The van der Waals surface area contributed by atoms with Gasteiger partial charge in [-0.15, -0.1) is 0 Å². The van der Waals surface area contributed by atoms with Gasteiger partial charge in [-0.1, -0.05) is 30.3 Å². The summed E-state index contributed by atoms with van der Waals surface area (Å²) in [4.78, 5) is 7.04. The molecule has 31 heavy (non-hydrogen) atoms. The van der Waals surface area contributed by atoms with Crippen molar-refractivity contribution < 1.29 is 4.74 Å². The van der Waals surface area contributed by atoms with E-state index in [4.69, 9.17) is 4.74 Å². The van der Waals surface area contributed by atoms with E-state index in [9.17, 15) is 0 Å². The summed E-state index contributed by atoms with van der Waals surface area (Å²) >= 11 is 0. The normalized spacial score (nSPS) is 17.2. The van der Waals surface area contributed by atoms with E-state index in [0.29, 0.717) is 5.92 Å². The lowest BCUT2D eigenvalue weighted by atomic mass is 9.98. The number of likely N-dealkylation sites (tertiary alicyclic amines) is 1. The second kappa shape index (κ2) is 8.56. The first kappa shape index (κ1) is 19.8. The van der Waals surface area contributed by atoms with Gasteiger partial charge in [-0.25, -0.2) is 0 Å². The molecule has 0 N–H and O–H groups in total. The van der Waals surface area contributed by atoms with Crippen LogP contribution in [-0.2, 0) is 6.54 Å². The van der Waals surface area contributed by atoms with Gasteiger partial charge in [-0.05, 0) is 62.2 Å². The Kier molecular flexibility index (Phi) is 5.47. The molecule has 4 heteroatoms. The van der Waals surface area contributed by atoms with Crippen LogP contribution >= 0.6 is 0 Å². The summed E-state index contributed by atoms with van der Waals surface area (Å²) in [5.74, 6) is 1.57. The zero-order valence-electron chi connectivity index (χ0n) is 18.3. The number of benzene rings is 2. The van der Waals surface area contributed by atoms with Crippen LogP contribution in [0.25, 0.3) is 33.2 Å². The van der Waals surface area contributed by atoms with Gasteiger partial charge in [0, 0.05) is 59.3 Å². The molecule has 1 aliphatic heterocycles. The van der Waals surface area contributed by atoms with Gasteiger partial charge in [-0.3, -0.25) is 4.98 Å². The maximum Gasteiger partial charge on any atom is 0.118 e. The number of ether oxygens (including phenoxy) is 1. The zero-order chi connectivity index (χ0) is 21.2. The summed E-state index contributed by atoms with van der Waals surface area (Å²) < 4.78 is 7.75. The molecule has 0 amide bonds. The molecule has 2 aromatic heterocycles. The van der Waals surface area contributed by atoms with E-state index in [2.05, 4.69) is 70.2 Å². The summed E-state index contributed by atoms with van der Waals surface area (Å²) in [5.41, 5.74) is 5.97. The fourth-order valence-corrected chi connectivity index (χ4v) is 4.86. The van der Waals surface area contributed by atoms with E-state index in [1.54, 1.807) is 7.11 Å². The fraction of sp³-hybridized carbons (Fsp3) is 0.296. The predicted molar refractivity (Wildman–Crippen MR) is 127 cm³/mol. The van der Waals surface area contributed by atoms with Gasteiger partial charge in [-0.2, -0.15) is 0 Å². The smallest absolute Gasteiger partial charge is 0.118 e. The molecular formula is C27H29N3O. The minimum Gasteiger partial charge on any atom is -0.497 e. The van der Waals surface area contributed by atoms with E-state index in [1.165, 1.54) is 42.4 Å². The largest absolute Gasteiger partial charge is 0.497 e. The fourth-order valence-electron chi connectivity index (χ4n) is 4.86. The summed E-state index contributed by atoms with van der Waals surface area (Å²) in [6, 6.07) is 19.2. The Morgan fingerprint density at radius 2 is 1.81 bits per heavy atom. The number of aromatic nitrogens is 2. The lowest BCUT2D eigenvalue weighted by molar-refractivity contribution is 0.196. The van der Waals surface area contributed by atoms with Crippen molar-refractivity contribution in [1.82, 2.24) is 14.5 Å². The van der Waals surface area contributed by atoms with Crippen LogP contribution < -0.4 is 4.74 Å². The lowest BCUT2D eigenvalue weighted by Gasteiger charge is -2.30. The van der Waals surface area contributed by atoms with Gasteiger partial charge in [0.05, 0.1) is 7.11 Å². The Labute approximate surface area is 184 Å². The molecule has 1 saturated heterocycles. The first-order chi connectivity index (χ1) is 15.2. The summed E-state index contributed by atoms with van der Waals surface area (Å²) in [7, 11) is 3.93. The van der Waals surface area contributed by atoms with Gasteiger partial charge < -0.3 is 14.2 Å². The molecule has 0 radical (unpaired) electrons. The highest BCUT2D eigenvalue weighted by Gasteiger charge is 2.19. The van der Waals surface area contributed by atoms with Crippen LogP contribution in [0.15, 0.2) is 73.2 Å². The Balaban J connectivity index is 1.51. The van der Waals surface area contributed by atoms with Crippen LogP contribution in [0, 0.1) is 5.92 Å². The van der Waals surface area contributed by atoms with E-state index in [1.807, 2.05) is 24.5 Å². The summed E-state index contributed by atoms with van der Waals surface area (Å²) in [5, 5.41) is 1.29. The number of pyridine rings is 1. The van der Waals surface area contributed by atoms with Gasteiger partial charge in [0.15, 0.2) is 0 Å². The van der Waals surface area contributed by atoms with Crippen molar-refractivity contribution in [2.75, 3.05) is 27.2 Å². The van der Waals surface area contributed by atoms with Crippen molar-refractivity contribution in [2.45, 2.75) is 19.4 Å². The molecule has 0 spiro atoms. The third-order valence-electron chi connectivity index (χ3n) is 6.44. The zero-order valence-corrected chi connectivity index (χ0v) is 18.3. The molecule has 4 nitrogen and oxygen atoms in total. The molecular weight excluding hydrogens is 382 g/mol. The first-order valence-corrected chi connectivity index (χ1v) is 11.1. The third kappa shape index (κ3) is 4.08.